The fourth-order valence-electron chi connectivity index (χ4n) is 2.06. The summed E-state index contributed by atoms with van der Waals surface area (Å²) in [5, 5.41) is 15.1. The summed E-state index contributed by atoms with van der Waals surface area (Å²) in [5.41, 5.74) is 1.42. The first-order valence-electron chi connectivity index (χ1n) is 7.54. The van der Waals surface area contributed by atoms with Crippen molar-refractivity contribution in [2.75, 3.05) is 18.2 Å². The molecule has 25 heavy (non-hydrogen) atoms. The number of methoxy groups -OCH3 is 1. The molecule has 0 bridgehead atoms. The predicted octanol–water partition coefficient (Wildman–Crippen LogP) is 3.49. The monoisotopic (exact) mass is 376 g/mol. The van der Waals surface area contributed by atoms with Crippen molar-refractivity contribution in [3.05, 3.63) is 36.0 Å². The molecule has 2 aromatic heterocycles. The molecule has 0 unspecified atom stereocenters. The number of hydrogen-bond donors (Lipinski definition) is 1. The van der Waals surface area contributed by atoms with Gasteiger partial charge in [-0.2, -0.15) is 0 Å². The Morgan fingerprint density at radius 2 is 2.12 bits per heavy atom. The number of benzene rings is 1. The lowest BCUT2D eigenvalue weighted by Crippen LogP contribution is -2.14. The van der Waals surface area contributed by atoms with E-state index in [0.29, 0.717) is 16.6 Å². The molecule has 9 heteroatoms. The highest BCUT2D eigenvalue weighted by Crippen LogP contribution is 2.26. The van der Waals surface area contributed by atoms with E-state index >= 15 is 0 Å². The van der Waals surface area contributed by atoms with Gasteiger partial charge >= 0.3 is 0 Å². The predicted molar refractivity (Wildman–Crippen MR) is 97.1 cm³/mol. The highest BCUT2D eigenvalue weighted by Gasteiger charge is 2.13. The molecule has 1 aromatic carbocycles. The Bertz CT molecular complexity index is 845. The van der Waals surface area contributed by atoms with Crippen LogP contribution in [0.3, 0.4) is 0 Å². The number of ether oxygens (including phenoxy) is 1. The van der Waals surface area contributed by atoms with Gasteiger partial charge in [0.1, 0.15) is 5.75 Å². The van der Waals surface area contributed by atoms with Crippen molar-refractivity contribution >= 4 is 34.1 Å². The summed E-state index contributed by atoms with van der Waals surface area (Å²) in [5.74, 6) is 2.07. The normalized spacial score (nSPS) is 10.6. The van der Waals surface area contributed by atoms with Crippen LogP contribution in [0.25, 0.3) is 11.3 Å². The van der Waals surface area contributed by atoms with Crippen LogP contribution < -0.4 is 10.1 Å². The lowest BCUT2D eigenvalue weighted by atomic mass is 10.1. The number of hydrogen-bond acceptors (Lipinski definition) is 8. The molecule has 3 aromatic rings. The van der Waals surface area contributed by atoms with Gasteiger partial charge in [0, 0.05) is 11.6 Å². The molecule has 2 heterocycles. The molecule has 0 fully saturated rings. The molecule has 7 nitrogen and oxygen atoms in total. The number of rotatable bonds is 7. The average Bonchev–Trinajstić information content (AvgIpc) is 3.25. The maximum absolute atomic E-state index is 12.1. The molecule has 0 aliphatic carbocycles. The van der Waals surface area contributed by atoms with E-state index in [2.05, 4.69) is 20.7 Å². The second-order valence-corrected chi connectivity index (χ2v) is 7.43. The van der Waals surface area contributed by atoms with E-state index in [9.17, 15) is 4.79 Å². The van der Waals surface area contributed by atoms with Crippen LogP contribution in [0.15, 0.2) is 39.2 Å². The van der Waals surface area contributed by atoms with E-state index < -0.39 is 0 Å². The fourth-order valence-corrected chi connectivity index (χ4v) is 3.72. The highest BCUT2D eigenvalue weighted by atomic mass is 32.2. The second-order valence-electron chi connectivity index (χ2n) is 4.94. The lowest BCUT2D eigenvalue weighted by molar-refractivity contribution is -0.115. The van der Waals surface area contributed by atoms with Gasteiger partial charge in [-0.05, 0) is 30.0 Å². The Kier molecular flexibility index (Phi) is 5.67. The summed E-state index contributed by atoms with van der Waals surface area (Å²) >= 11 is 2.94. The third kappa shape index (κ3) is 4.58. The van der Waals surface area contributed by atoms with Crippen molar-refractivity contribution in [2.45, 2.75) is 17.7 Å². The summed E-state index contributed by atoms with van der Waals surface area (Å²) in [4.78, 5) is 12.1. The molecule has 0 saturated carbocycles. The molecular formula is C16H16N4O3S2. The van der Waals surface area contributed by atoms with Crippen molar-refractivity contribution in [2.24, 2.45) is 0 Å². The van der Waals surface area contributed by atoms with Gasteiger partial charge in [0.05, 0.1) is 19.2 Å². The van der Waals surface area contributed by atoms with Gasteiger partial charge in [0.2, 0.25) is 11.0 Å². The topological polar surface area (TPSA) is 90.1 Å². The van der Waals surface area contributed by atoms with Crippen LogP contribution >= 0.6 is 23.1 Å². The average molecular weight is 376 g/mol. The SMILES string of the molecule is CCSc1nnc(NC(=O)Cc2cc(-c3ccc(OC)cc3)on2)s1. The first-order chi connectivity index (χ1) is 12.2. The summed E-state index contributed by atoms with van der Waals surface area (Å²) in [6, 6.07) is 9.17. The maximum Gasteiger partial charge on any atom is 0.232 e. The number of carbonyl (C=O) groups is 1. The van der Waals surface area contributed by atoms with Crippen LogP contribution in [-0.4, -0.2) is 34.1 Å². The molecular weight excluding hydrogens is 360 g/mol. The van der Waals surface area contributed by atoms with Crippen molar-refractivity contribution in [1.29, 1.82) is 0 Å². The standard InChI is InChI=1S/C16H16N4O3S2/c1-3-24-16-19-18-15(25-16)17-14(21)9-11-8-13(23-20-11)10-4-6-12(22-2)7-5-10/h4-8H,3,9H2,1-2H3,(H,17,18,21). The van der Waals surface area contributed by atoms with Gasteiger partial charge in [-0.3, -0.25) is 4.79 Å². The largest absolute Gasteiger partial charge is 0.497 e. The van der Waals surface area contributed by atoms with Gasteiger partial charge < -0.3 is 14.6 Å². The molecule has 1 amide bonds. The van der Waals surface area contributed by atoms with Crippen LogP contribution in [0.5, 0.6) is 5.75 Å². The number of nitrogens with zero attached hydrogens (tertiary/aromatic N) is 3. The van der Waals surface area contributed by atoms with Crippen LogP contribution in [0.2, 0.25) is 0 Å². The summed E-state index contributed by atoms with van der Waals surface area (Å²) < 4.78 is 11.3. The summed E-state index contributed by atoms with van der Waals surface area (Å²) in [6.07, 6.45) is 0.107. The Labute approximate surface area is 152 Å². The highest BCUT2D eigenvalue weighted by molar-refractivity contribution is 8.01. The molecule has 0 spiro atoms. The van der Waals surface area contributed by atoms with Crippen molar-refractivity contribution in [3.63, 3.8) is 0 Å². The lowest BCUT2D eigenvalue weighted by Gasteiger charge is -1.99. The number of amides is 1. The number of nitrogens with one attached hydrogen (secondary N) is 1. The zero-order valence-electron chi connectivity index (χ0n) is 13.7. The van der Waals surface area contributed by atoms with Gasteiger partial charge in [-0.1, -0.05) is 35.2 Å². The molecule has 3 rings (SSSR count). The minimum Gasteiger partial charge on any atom is -0.497 e. The molecule has 0 radical (unpaired) electrons. The number of carbonyl (C=O) groups excluding carboxylic acids is 1. The van der Waals surface area contributed by atoms with E-state index in [1.165, 1.54) is 11.3 Å². The molecule has 0 aliphatic rings. The molecule has 130 valence electrons. The quantitative estimate of drug-likeness (QED) is 0.498. The smallest absolute Gasteiger partial charge is 0.232 e. The Morgan fingerprint density at radius 3 is 2.84 bits per heavy atom. The molecule has 0 saturated heterocycles. The number of thioether (sulfide) groups is 1. The van der Waals surface area contributed by atoms with Gasteiger partial charge in [0.25, 0.3) is 0 Å². The van der Waals surface area contributed by atoms with E-state index in [1.54, 1.807) is 24.9 Å². The summed E-state index contributed by atoms with van der Waals surface area (Å²) in [6.45, 7) is 2.04. The van der Waals surface area contributed by atoms with Crippen LogP contribution in [0.4, 0.5) is 5.13 Å². The van der Waals surface area contributed by atoms with Gasteiger partial charge in [-0.15, -0.1) is 10.2 Å². The van der Waals surface area contributed by atoms with Crippen LogP contribution in [-0.2, 0) is 11.2 Å². The second kappa shape index (κ2) is 8.13. The van der Waals surface area contributed by atoms with E-state index in [1.807, 2.05) is 31.2 Å². The molecule has 0 atom stereocenters. The zero-order valence-corrected chi connectivity index (χ0v) is 15.3. The van der Waals surface area contributed by atoms with Crippen molar-refractivity contribution < 1.29 is 14.1 Å². The van der Waals surface area contributed by atoms with Gasteiger partial charge in [0.15, 0.2) is 10.1 Å². The summed E-state index contributed by atoms with van der Waals surface area (Å²) in [7, 11) is 1.61. The van der Waals surface area contributed by atoms with Gasteiger partial charge in [-0.25, -0.2) is 0 Å². The van der Waals surface area contributed by atoms with Crippen molar-refractivity contribution in [1.82, 2.24) is 15.4 Å². The minimum atomic E-state index is -0.209. The first kappa shape index (κ1) is 17.4. The number of anilines is 1. The van der Waals surface area contributed by atoms with E-state index in [-0.39, 0.29) is 12.3 Å². The zero-order chi connectivity index (χ0) is 17.6. The molecule has 1 N–H and O–H groups in total. The van der Waals surface area contributed by atoms with Crippen LogP contribution in [0.1, 0.15) is 12.6 Å². The minimum absolute atomic E-state index is 0.107. The Balaban J connectivity index is 1.60. The molecule has 0 aliphatic heterocycles. The third-order valence-corrected chi connectivity index (χ3v) is 5.05. The Morgan fingerprint density at radius 1 is 1.32 bits per heavy atom. The fraction of sp³-hybridized carbons (Fsp3) is 0.250. The van der Waals surface area contributed by atoms with Crippen molar-refractivity contribution in [3.8, 4) is 17.1 Å². The van der Waals surface area contributed by atoms with Crippen LogP contribution in [0, 0.1) is 0 Å². The first-order valence-corrected chi connectivity index (χ1v) is 9.34. The van der Waals surface area contributed by atoms with E-state index in [0.717, 1.165) is 21.4 Å². The Hall–Kier alpha value is -2.39. The number of aromatic nitrogens is 3. The van der Waals surface area contributed by atoms with E-state index in [4.69, 9.17) is 9.26 Å². The third-order valence-electron chi connectivity index (χ3n) is 3.20. The maximum atomic E-state index is 12.1.